The van der Waals surface area contributed by atoms with Crippen molar-refractivity contribution in [2.45, 2.75) is 45.1 Å². The van der Waals surface area contributed by atoms with Gasteiger partial charge in [-0.1, -0.05) is 54.1 Å². The van der Waals surface area contributed by atoms with Gasteiger partial charge in [0.2, 0.25) is 0 Å². The Kier molecular flexibility index (Phi) is 7.55. The highest BCUT2D eigenvalue weighted by Crippen LogP contribution is 2.19. The van der Waals surface area contributed by atoms with Crippen LogP contribution in [0.4, 0.5) is 0 Å². The molecule has 1 atom stereocenters. The number of hydrogen-bond donors (Lipinski definition) is 1. The quantitative estimate of drug-likeness (QED) is 0.400. The first-order valence-corrected chi connectivity index (χ1v) is 10.4. The summed E-state index contributed by atoms with van der Waals surface area (Å²) in [5.74, 6) is -1.02. The molecule has 1 aliphatic rings. The highest BCUT2D eigenvalue weighted by atomic mass is 16.5. The number of hydrogen-bond acceptors (Lipinski definition) is 4. The van der Waals surface area contributed by atoms with E-state index < -0.39 is 12.1 Å². The predicted molar refractivity (Wildman–Crippen MR) is 115 cm³/mol. The summed E-state index contributed by atoms with van der Waals surface area (Å²) in [4.78, 5) is 37.0. The van der Waals surface area contributed by atoms with Crippen LogP contribution in [0.2, 0.25) is 0 Å². The summed E-state index contributed by atoms with van der Waals surface area (Å²) in [7, 11) is 0. The van der Waals surface area contributed by atoms with Crippen LogP contribution in [0.5, 0.6) is 0 Å². The fraction of sp³-hybridized carbons (Fsp3) is 0.320. The maximum atomic E-state index is 12.4. The topological polar surface area (TPSA) is 72.5 Å². The van der Waals surface area contributed by atoms with Crippen LogP contribution in [0.3, 0.4) is 0 Å². The Balaban J connectivity index is 1.49. The second-order valence-electron chi connectivity index (χ2n) is 7.47. The Labute approximate surface area is 177 Å². The van der Waals surface area contributed by atoms with E-state index in [1.54, 1.807) is 55.5 Å². The number of esters is 1. The number of ketones is 1. The summed E-state index contributed by atoms with van der Waals surface area (Å²) in [6, 6.07) is 15.2. The summed E-state index contributed by atoms with van der Waals surface area (Å²) in [6.07, 6.45) is 6.88. The van der Waals surface area contributed by atoms with Gasteiger partial charge < -0.3 is 10.1 Å². The van der Waals surface area contributed by atoms with Crippen molar-refractivity contribution in [3.8, 4) is 0 Å². The molecule has 0 unspecified atom stereocenters. The van der Waals surface area contributed by atoms with Crippen LogP contribution in [-0.2, 0) is 9.53 Å². The van der Waals surface area contributed by atoms with E-state index in [9.17, 15) is 14.4 Å². The molecule has 0 saturated heterocycles. The summed E-state index contributed by atoms with van der Waals surface area (Å²) >= 11 is 0. The molecule has 2 aromatic carbocycles. The molecule has 0 radical (unpaired) electrons. The molecule has 0 aromatic heterocycles. The van der Waals surface area contributed by atoms with Gasteiger partial charge in [0.15, 0.2) is 11.9 Å². The van der Waals surface area contributed by atoms with Crippen molar-refractivity contribution in [3.05, 3.63) is 82.9 Å². The zero-order valence-corrected chi connectivity index (χ0v) is 17.2. The van der Waals surface area contributed by atoms with Crippen molar-refractivity contribution in [3.63, 3.8) is 0 Å². The van der Waals surface area contributed by atoms with E-state index in [0.717, 1.165) is 19.3 Å². The minimum atomic E-state index is -0.886. The van der Waals surface area contributed by atoms with Gasteiger partial charge in [0.05, 0.1) is 5.56 Å². The van der Waals surface area contributed by atoms with Crippen LogP contribution in [0, 0.1) is 0 Å². The van der Waals surface area contributed by atoms with Crippen LogP contribution < -0.4 is 5.32 Å². The van der Waals surface area contributed by atoms with Gasteiger partial charge in [-0.3, -0.25) is 9.59 Å². The predicted octanol–water partition coefficient (Wildman–Crippen LogP) is 4.47. The Morgan fingerprint density at radius 3 is 2.27 bits per heavy atom. The Morgan fingerprint density at radius 2 is 1.60 bits per heavy atom. The molecule has 0 spiro atoms. The Bertz CT molecular complexity index is 916. The number of ether oxygens (including phenoxy) is 1. The molecule has 30 heavy (non-hydrogen) atoms. The van der Waals surface area contributed by atoms with Gasteiger partial charge in [-0.05, 0) is 51.2 Å². The monoisotopic (exact) mass is 405 g/mol. The van der Waals surface area contributed by atoms with Gasteiger partial charge in [0.1, 0.15) is 0 Å². The Hall–Kier alpha value is -3.21. The number of nitrogens with one attached hydrogen (secondary N) is 1. The van der Waals surface area contributed by atoms with E-state index in [1.165, 1.54) is 18.4 Å². The number of benzene rings is 2. The molecule has 5 heteroatoms. The lowest BCUT2D eigenvalue weighted by Gasteiger charge is -2.15. The van der Waals surface area contributed by atoms with Crippen molar-refractivity contribution < 1.29 is 19.1 Å². The van der Waals surface area contributed by atoms with E-state index in [-0.39, 0.29) is 11.7 Å². The van der Waals surface area contributed by atoms with E-state index in [1.807, 2.05) is 6.07 Å². The fourth-order valence-electron chi connectivity index (χ4n) is 3.42. The molecule has 0 fully saturated rings. The molecule has 0 saturated carbocycles. The summed E-state index contributed by atoms with van der Waals surface area (Å²) in [5, 5.41) is 2.83. The van der Waals surface area contributed by atoms with Gasteiger partial charge in [-0.25, -0.2) is 4.79 Å². The first-order valence-electron chi connectivity index (χ1n) is 10.4. The standard InChI is InChI=1S/C25H27NO4/c1-18(24(28)26-17-16-19-8-4-2-5-9-19)30-25(29)22-14-12-21(13-15-22)23(27)20-10-6-3-7-11-20/h3,6-8,10-15,18H,2,4-5,9,16-17H2,1H3,(H,26,28)/t18-/m0/s1. The average molecular weight is 405 g/mol. The van der Waals surface area contributed by atoms with E-state index in [0.29, 0.717) is 23.2 Å². The van der Waals surface area contributed by atoms with E-state index in [4.69, 9.17) is 4.74 Å². The maximum Gasteiger partial charge on any atom is 0.338 e. The second kappa shape index (κ2) is 10.5. The van der Waals surface area contributed by atoms with Crippen LogP contribution in [0.15, 0.2) is 66.2 Å². The molecule has 3 rings (SSSR count). The van der Waals surface area contributed by atoms with Gasteiger partial charge in [0.25, 0.3) is 5.91 Å². The van der Waals surface area contributed by atoms with Gasteiger partial charge in [0, 0.05) is 17.7 Å². The second-order valence-corrected chi connectivity index (χ2v) is 7.47. The number of amides is 1. The molecule has 1 amide bonds. The van der Waals surface area contributed by atoms with Crippen LogP contribution in [0.25, 0.3) is 0 Å². The van der Waals surface area contributed by atoms with Crippen molar-refractivity contribution in [1.82, 2.24) is 5.32 Å². The molecule has 2 aromatic rings. The number of carbonyl (C=O) groups excluding carboxylic acids is 3. The molecule has 1 N–H and O–H groups in total. The number of carbonyl (C=O) groups is 3. The number of allylic oxidation sites excluding steroid dienone is 1. The van der Waals surface area contributed by atoms with Gasteiger partial charge >= 0.3 is 5.97 Å². The Morgan fingerprint density at radius 1 is 0.933 bits per heavy atom. The van der Waals surface area contributed by atoms with Gasteiger partial charge in [-0.15, -0.1) is 0 Å². The van der Waals surface area contributed by atoms with Crippen molar-refractivity contribution in [1.29, 1.82) is 0 Å². The lowest BCUT2D eigenvalue weighted by molar-refractivity contribution is -0.129. The molecule has 1 aliphatic carbocycles. The number of rotatable bonds is 8. The van der Waals surface area contributed by atoms with Gasteiger partial charge in [-0.2, -0.15) is 0 Å². The summed E-state index contributed by atoms with van der Waals surface area (Å²) in [5.41, 5.74) is 2.76. The highest BCUT2D eigenvalue weighted by Gasteiger charge is 2.19. The third-order valence-corrected chi connectivity index (χ3v) is 5.20. The van der Waals surface area contributed by atoms with Crippen LogP contribution in [-0.4, -0.2) is 30.3 Å². The van der Waals surface area contributed by atoms with Crippen molar-refractivity contribution >= 4 is 17.7 Å². The van der Waals surface area contributed by atoms with Crippen molar-refractivity contribution in [2.75, 3.05) is 6.54 Å². The molecule has 156 valence electrons. The zero-order valence-electron chi connectivity index (χ0n) is 17.2. The smallest absolute Gasteiger partial charge is 0.338 e. The minimum absolute atomic E-state index is 0.114. The largest absolute Gasteiger partial charge is 0.449 e. The van der Waals surface area contributed by atoms with E-state index in [2.05, 4.69) is 11.4 Å². The molecule has 5 nitrogen and oxygen atoms in total. The fourth-order valence-corrected chi connectivity index (χ4v) is 3.42. The average Bonchev–Trinajstić information content (AvgIpc) is 2.79. The molecule has 0 bridgehead atoms. The third kappa shape index (κ3) is 5.89. The zero-order chi connectivity index (χ0) is 21.3. The third-order valence-electron chi connectivity index (χ3n) is 5.20. The lowest BCUT2D eigenvalue weighted by atomic mass is 9.97. The molecule has 0 heterocycles. The van der Waals surface area contributed by atoms with E-state index >= 15 is 0 Å². The lowest BCUT2D eigenvalue weighted by Crippen LogP contribution is -2.36. The SMILES string of the molecule is C[C@H](OC(=O)c1ccc(C(=O)c2ccccc2)cc1)C(=O)NCCC1=CCCCC1. The molecular weight excluding hydrogens is 378 g/mol. The highest BCUT2D eigenvalue weighted by molar-refractivity contribution is 6.09. The molecule has 0 aliphatic heterocycles. The first-order chi connectivity index (χ1) is 14.5. The van der Waals surface area contributed by atoms with Crippen LogP contribution in [0.1, 0.15) is 65.3 Å². The minimum Gasteiger partial charge on any atom is -0.449 e. The maximum absolute atomic E-state index is 12.4. The van der Waals surface area contributed by atoms with Crippen LogP contribution >= 0.6 is 0 Å². The molecular formula is C25H27NO4. The first kappa shape index (κ1) is 21.5. The summed E-state index contributed by atoms with van der Waals surface area (Å²) < 4.78 is 5.28. The normalized spacial score (nSPS) is 14.4. The summed E-state index contributed by atoms with van der Waals surface area (Å²) in [6.45, 7) is 2.10. The van der Waals surface area contributed by atoms with Crippen molar-refractivity contribution in [2.24, 2.45) is 0 Å².